The van der Waals surface area contributed by atoms with Crippen molar-refractivity contribution in [3.8, 4) is 0 Å². The Hall–Kier alpha value is -2.70. The Morgan fingerprint density at radius 2 is 1.70 bits per heavy atom. The normalized spacial score (nSPS) is 20.0. The summed E-state index contributed by atoms with van der Waals surface area (Å²) >= 11 is 0. The molecule has 1 amide bonds. The fourth-order valence-corrected chi connectivity index (χ4v) is 4.87. The van der Waals surface area contributed by atoms with Crippen molar-refractivity contribution in [2.75, 3.05) is 26.2 Å². The number of amides is 1. The van der Waals surface area contributed by atoms with Crippen molar-refractivity contribution in [1.29, 1.82) is 0 Å². The average molecular weight is 540 g/mol. The van der Waals surface area contributed by atoms with Crippen molar-refractivity contribution in [2.24, 2.45) is 5.92 Å². The second-order valence-corrected chi connectivity index (χ2v) is 8.81. The third-order valence-electron chi connectivity index (χ3n) is 6.48. The highest BCUT2D eigenvalue weighted by Gasteiger charge is 2.43. The van der Waals surface area contributed by atoms with Gasteiger partial charge in [-0.3, -0.25) is 14.8 Å². The van der Waals surface area contributed by atoms with Crippen molar-refractivity contribution < 1.29 is 39.9 Å². The van der Waals surface area contributed by atoms with E-state index in [1.54, 1.807) is 0 Å². The SMILES string of the molecule is CC.O=C(c1n[nH]c2c1CCN(CC(F)(F)F)C2)N1CCC(C2=CCC=C(F)C(F)=C2C(F)(F)F)CC1. The molecule has 1 N–H and O–H groups in total. The second kappa shape index (κ2) is 11.4. The predicted octanol–water partition coefficient (Wildman–Crippen LogP) is 6.18. The maximum absolute atomic E-state index is 14.2. The van der Waals surface area contributed by atoms with Crippen LogP contribution in [0.2, 0.25) is 0 Å². The van der Waals surface area contributed by atoms with Gasteiger partial charge in [0.2, 0.25) is 0 Å². The van der Waals surface area contributed by atoms with Crippen molar-refractivity contribution in [3.05, 3.63) is 51.9 Å². The fraction of sp³-hybridized carbons (Fsp3) is 0.583. The number of aromatic nitrogens is 2. The lowest BCUT2D eigenvalue weighted by Crippen LogP contribution is -2.41. The van der Waals surface area contributed by atoms with E-state index in [1.807, 2.05) is 13.8 Å². The van der Waals surface area contributed by atoms with Gasteiger partial charge in [-0.15, -0.1) is 0 Å². The standard InChI is InChI=1S/C22H22F8N4O.C2H6/c23-15-3-1-2-13(17(18(15)24)22(28,29)30)12-4-8-34(9-5-12)20(35)19-14-6-7-33(11-21(25,26)27)10-16(14)31-32-19;1-2/h2-3,12H,1,4-11H2,(H,31,32);1-2H3. The topological polar surface area (TPSA) is 52.2 Å². The number of nitrogens with zero attached hydrogens (tertiary/aromatic N) is 3. The Morgan fingerprint density at radius 3 is 2.30 bits per heavy atom. The van der Waals surface area contributed by atoms with Crippen LogP contribution >= 0.6 is 0 Å². The highest BCUT2D eigenvalue weighted by atomic mass is 19.4. The summed E-state index contributed by atoms with van der Waals surface area (Å²) in [6.45, 7) is 3.14. The van der Waals surface area contributed by atoms with Gasteiger partial charge in [0.25, 0.3) is 5.91 Å². The number of halogens is 8. The lowest BCUT2D eigenvalue weighted by molar-refractivity contribution is -0.147. The van der Waals surface area contributed by atoms with Gasteiger partial charge in [0.05, 0.1) is 17.8 Å². The molecule has 0 saturated carbocycles. The highest BCUT2D eigenvalue weighted by molar-refractivity contribution is 5.94. The van der Waals surface area contributed by atoms with Gasteiger partial charge in [-0.1, -0.05) is 19.9 Å². The molecule has 1 aromatic heterocycles. The summed E-state index contributed by atoms with van der Waals surface area (Å²) in [7, 11) is 0. The van der Waals surface area contributed by atoms with E-state index < -0.39 is 47.9 Å². The number of allylic oxidation sites excluding steroid dienone is 6. The average Bonchev–Trinajstić information content (AvgIpc) is 3.18. The number of alkyl halides is 6. The number of piperidine rings is 1. The van der Waals surface area contributed by atoms with E-state index in [-0.39, 0.29) is 63.1 Å². The van der Waals surface area contributed by atoms with Crippen LogP contribution in [0.15, 0.2) is 35.0 Å². The van der Waals surface area contributed by atoms with Crippen LogP contribution in [0.5, 0.6) is 0 Å². The van der Waals surface area contributed by atoms with Crippen LogP contribution in [0.1, 0.15) is 54.9 Å². The molecule has 3 aliphatic rings. The number of hydrogen-bond donors (Lipinski definition) is 1. The lowest BCUT2D eigenvalue weighted by atomic mass is 9.83. The third-order valence-corrected chi connectivity index (χ3v) is 6.48. The molecule has 2 aliphatic heterocycles. The molecule has 1 aliphatic carbocycles. The minimum absolute atomic E-state index is 0.0337. The van der Waals surface area contributed by atoms with Gasteiger partial charge in [0, 0.05) is 31.7 Å². The summed E-state index contributed by atoms with van der Waals surface area (Å²) in [5.74, 6) is -4.66. The smallest absolute Gasteiger partial charge is 0.337 e. The summed E-state index contributed by atoms with van der Waals surface area (Å²) in [4.78, 5) is 15.6. The molecule has 1 aromatic rings. The number of rotatable bonds is 3. The molecule has 5 nitrogen and oxygen atoms in total. The zero-order valence-corrected chi connectivity index (χ0v) is 20.4. The molecular formula is C24H28F8N4O. The van der Waals surface area contributed by atoms with E-state index in [2.05, 4.69) is 10.2 Å². The molecule has 0 aromatic carbocycles. The quantitative estimate of drug-likeness (QED) is 0.466. The van der Waals surface area contributed by atoms with Crippen molar-refractivity contribution in [3.63, 3.8) is 0 Å². The molecular weight excluding hydrogens is 512 g/mol. The van der Waals surface area contributed by atoms with Gasteiger partial charge in [-0.05, 0) is 43.3 Å². The summed E-state index contributed by atoms with van der Waals surface area (Å²) in [6, 6.07) is 0. The molecule has 13 heteroatoms. The Bertz CT molecular complexity index is 1080. The van der Waals surface area contributed by atoms with Crippen molar-refractivity contribution in [1.82, 2.24) is 20.0 Å². The largest absolute Gasteiger partial charge is 0.419 e. The number of carbonyl (C=O) groups is 1. The summed E-state index contributed by atoms with van der Waals surface area (Å²) in [6.07, 6.45) is -7.26. The molecule has 4 rings (SSSR count). The maximum Gasteiger partial charge on any atom is 0.419 e. The van der Waals surface area contributed by atoms with Crippen LogP contribution in [0.25, 0.3) is 0 Å². The molecule has 0 bridgehead atoms. The Kier molecular flexibility index (Phi) is 8.86. The van der Waals surface area contributed by atoms with Crippen LogP contribution in [0.3, 0.4) is 0 Å². The van der Waals surface area contributed by atoms with Gasteiger partial charge in [-0.25, -0.2) is 8.78 Å². The number of fused-ring (bicyclic) bond motifs is 1. The molecule has 0 spiro atoms. The summed E-state index contributed by atoms with van der Waals surface area (Å²) in [5, 5.41) is 6.63. The number of likely N-dealkylation sites (tertiary alicyclic amines) is 1. The van der Waals surface area contributed by atoms with Gasteiger partial charge in [-0.2, -0.15) is 31.4 Å². The first-order valence-electron chi connectivity index (χ1n) is 12.0. The summed E-state index contributed by atoms with van der Waals surface area (Å²) in [5.41, 5.74) is -0.876. The van der Waals surface area contributed by atoms with Gasteiger partial charge < -0.3 is 4.90 Å². The van der Waals surface area contributed by atoms with Crippen LogP contribution in [0, 0.1) is 5.92 Å². The van der Waals surface area contributed by atoms with E-state index in [0.29, 0.717) is 11.3 Å². The van der Waals surface area contributed by atoms with E-state index >= 15 is 0 Å². The Balaban J connectivity index is 0.00000186. The Morgan fingerprint density at radius 1 is 1.05 bits per heavy atom. The molecule has 206 valence electrons. The van der Waals surface area contributed by atoms with E-state index in [1.165, 1.54) is 15.9 Å². The molecule has 1 saturated heterocycles. The fourth-order valence-electron chi connectivity index (χ4n) is 4.87. The molecule has 0 unspecified atom stereocenters. The number of aromatic amines is 1. The molecule has 1 fully saturated rings. The van der Waals surface area contributed by atoms with Crippen molar-refractivity contribution >= 4 is 5.91 Å². The molecule has 3 heterocycles. The monoisotopic (exact) mass is 540 g/mol. The van der Waals surface area contributed by atoms with Gasteiger partial charge in [0.1, 0.15) is 0 Å². The zero-order chi connectivity index (χ0) is 27.5. The maximum atomic E-state index is 14.2. The number of hydrogen-bond acceptors (Lipinski definition) is 3. The molecule has 37 heavy (non-hydrogen) atoms. The van der Waals surface area contributed by atoms with E-state index in [4.69, 9.17) is 0 Å². The van der Waals surface area contributed by atoms with Crippen LogP contribution < -0.4 is 0 Å². The van der Waals surface area contributed by atoms with Gasteiger partial charge >= 0.3 is 12.4 Å². The first-order chi connectivity index (χ1) is 17.3. The van der Waals surface area contributed by atoms with Crippen molar-refractivity contribution in [2.45, 2.75) is 58.4 Å². The second-order valence-electron chi connectivity index (χ2n) is 8.81. The zero-order valence-electron chi connectivity index (χ0n) is 20.4. The molecule has 0 atom stereocenters. The lowest BCUT2D eigenvalue weighted by Gasteiger charge is -2.34. The summed E-state index contributed by atoms with van der Waals surface area (Å²) < 4.78 is 107. The first-order valence-corrected chi connectivity index (χ1v) is 12.0. The van der Waals surface area contributed by atoms with Crippen LogP contribution in [-0.2, 0) is 13.0 Å². The van der Waals surface area contributed by atoms with Gasteiger partial charge in [0.15, 0.2) is 17.3 Å². The molecule has 0 radical (unpaired) electrons. The number of carbonyl (C=O) groups excluding carboxylic acids is 1. The van der Waals surface area contributed by atoms with Crippen LogP contribution in [0.4, 0.5) is 35.1 Å². The number of H-pyrrole nitrogens is 1. The number of nitrogens with one attached hydrogen (secondary N) is 1. The minimum Gasteiger partial charge on any atom is -0.337 e. The van der Waals surface area contributed by atoms with E-state index in [0.717, 1.165) is 6.08 Å². The Labute approximate surface area is 208 Å². The highest BCUT2D eigenvalue weighted by Crippen LogP contribution is 2.44. The first kappa shape index (κ1) is 28.9. The predicted molar refractivity (Wildman–Crippen MR) is 120 cm³/mol. The van der Waals surface area contributed by atoms with E-state index in [9.17, 15) is 39.9 Å². The third kappa shape index (κ3) is 6.60. The van der Waals surface area contributed by atoms with Crippen LogP contribution in [-0.4, -0.2) is 64.4 Å². The minimum atomic E-state index is -5.08.